The molecule has 0 aliphatic heterocycles. The summed E-state index contributed by atoms with van der Waals surface area (Å²) < 4.78 is 5.11. The molecule has 2 N–H and O–H groups in total. The molecule has 2 amide bonds. The van der Waals surface area contributed by atoms with Crippen molar-refractivity contribution in [3.05, 3.63) is 95.6 Å². The van der Waals surface area contributed by atoms with Crippen LogP contribution < -0.4 is 10.6 Å². The van der Waals surface area contributed by atoms with Crippen LogP contribution in [0, 0.1) is 0 Å². The molecule has 3 aromatic carbocycles. The quantitative estimate of drug-likeness (QED) is 0.545. The lowest BCUT2D eigenvalue weighted by atomic mass is 10.0. The van der Waals surface area contributed by atoms with E-state index < -0.39 is 11.9 Å². The molecule has 0 saturated heterocycles. The van der Waals surface area contributed by atoms with Crippen LogP contribution in [0.2, 0.25) is 0 Å². The Kier molecular flexibility index (Phi) is 7.54. The van der Waals surface area contributed by atoms with E-state index in [0.717, 1.165) is 16.7 Å². The first-order chi connectivity index (χ1) is 15.0. The van der Waals surface area contributed by atoms with Crippen molar-refractivity contribution in [3.8, 4) is 0 Å². The number of rotatable bonds is 8. The molecule has 0 aliphatic carbocycles. The average molecular weight is 416 g/mol. The van der Waals surface area contributed by atoms with E-state index in [1.807, 2.05) is 54.6 Å². The van der Waals surface area contributed by atoms with E-state index in [-0.39, 0.29) is 18.9 Å². The van der Waals surface area contributed by atoms with Gasteiger partial charge in [-0.05, 0) is 41.3 Å². The van der Waals surface area contributed by atoms with Crippen LogP contribution in [0.4, 0.5) is 11.4 Å². The largest absolute Gasteiger partial charge is 0.455 e. The summed E-state index contributed by atoms with van der Waals surface area (Å²) in [5, 5.41) is 5.48. The highest BCUT2D eigenvalue weighted by Gasteiger charge is 2.11. The highest BCUT2D eigenvalue weighted by molar-refractivity contribution is 5.93. The fourth-order valence-corrected chi connectivity index (χ4v) is 3.07. The molecule has 0 spiro atoms. The second-order valence-corrected chi connectivity index (χ2v) is 7.08. The molecule has 0 atom stereocenters. The fraction of sp³-hybridized carbons (Fsp3) is 0.160. The van der Waals surface area contributed by atoms with Gasteiger partial charge >= 0.3 is 5.97 Å². The van der Waals surface area contributed by atoms with Gasteiger partial charge in [-0.25, -0.2) is 0 Å². The maximum atomic E-state index is 12.3. The third kappa shape index (κ3) is 7.12. The molecule has 0 radical (unpaired) electrons. The van der Waals surface area contributed by atoms with Crippen molar-refractivity contribution in [3.63, 3.8) is 0 Å². The second kappa shape index (κ2) is 10.7. The number of carbonyl (C=O) groups is 3. The van der Waals surface area contributed by atoms with Gasteiger partial charge in [0.25, 0.3) is 5.91 Å². The van der Waals surface area contributed by atoms with Crippen LogP contribution in [0.5, 0.6) is 0 Å². The highest BCUT2D eigenvalue weighted by Crippen LogP contribution is 2.19. The van der Waals surface area contributed by atoms with Crippen molar-refractivity contribution >= 4 is 29.2 Å². The molecule has 3 aromatic rings. The monoisotopic (exact) mass is 416 g/mol. The fourth-order valence-electron chi connectivity index (χ4n) is 3.07. The number of ether oxygens (including phenoxy) is 1. The Morgan fingerprint density at radius 1 is 0.774 bits per heavy atom. The third-order valence-corrected chi connectivity index (χ3v) is 4.52. The zero-order chi connectivity index (χ0) is 22.1. The normalized spacial score (nSPS) is 10.2. The highest BCUT2D eigenvalue weighted by atomic mass is 16.5. The van der Waals surface area contributed by atoms with E-state index in [4.69, 9.17) is 4.74 Å². The lowest BCUT2D eigenvalue weighted by Gasteiger charge is -2.12. The summed E-state index contributed by atoms with van der Waals surface area (Å²) in [7, 11) is 0. The number of carbonyl (C=O) groups excluding carboxylic acids is 3. The van der Waals surface area contributed by atoms with Gasteiger partial charge in [-0.1, -0.05) is 60.7 Å². The molecule has 6 heteroatoms. The summed E-state index contributed by atoms with van der Waals surface area (Å²) >= 11 is 0. The lowest BCUT2D eigenvalue weighted by Crippen LogP contribution is -2.22. The van der Waals surface area contributed by atoms with E-state index in [2.05, 4.69) is 10.6 Å². The molecule has 31 heavy (non-hydrogen) atoms. The summed E-state index contributed by atoms with van der Waals surface area (Å²) in [6.45, 7) is 1.07. The molecule has 6 nitrogen and oxygen atoms in total. The van der Waals surface area contributed by atoms with Gasteiger partial charge in [-0.15, -0.1) is 0 Å². The average Bonchev–Trinajstić information content (AvgIpc) is 2.75. The van der Waals surface area contributed by atoms with Crippen molar-refractivity contribution in [1.82, 2.24) is 0 Å². The summed E-state index contributed by atoms with van der Waals surface area (Å²) in [6.07, 6.45) is 0.726. The predicted octanol–water partition coefficient (Wildman–Crippen LogP) is 3.96. The van der Waals surface area contributed by atoms with Gasteiger partial charge in [0.2, 0.25) is 5.91 Å². The molecule has 0 bridgehead atoms. The first-order valence-corrected chi connectivity index (χ1v) is 9.93. The Balaban J connectivity index is 1.50. The van der Waals surface area contributed by atoms with Crippen molar-refractivity contribution < 1.29 is 19.1 Å². The van der Waals surface area contributed by atoms with E-state index in [1.54, 1.807) is 24.3 Å². The minimum absolute atomic E-state index is 0.0399. The van der Waals surface area contributed by atoms with E-state index in [9.17, 15) is 14.4 Å². The molecule has 158 valence electrons. The summed E-state index contributed by atoms with van der Waals surface area (Å²) in [5.74, 6) is -1.06. The molecule has 0 fully saturated rings. The van der Waals surface area contributed by atoms with Crippen LogP contribution in [0.3, 0.4) is 0 Å². The number of hydrogen-bond acceptors (Lipinski definition) is 4. The number of nitrogens with one attached hydrogen (secondary N) is 2. The van der Waals surface area contributed by atoms with E-state index >= 15 is 0 Å². The summed E-state index contributed by atoms with van der Waals surface area (Å²) in [6, 6.07) is 24.4. The Morgan fingerprint density at radius 3 is 2.16 bits per heavy atom. The number of esters is 1. The van der Waals surface area contributed by atoms with Gasteiger partial charge in [-0.3, -0.25) is 14.4 Å². The van der Waals surface area contributed by atoms with Gasteiger partial charge in [-0.2, -0.15) is 0 Å². The molecule has 3 rings (SSSR count). The number of para-hydroxylation sites is 1. The Bertz CT molecular complexity index is 1050. The summed E-state index contributed by atoms with van der Waals surface area (Å²) in [4.78, 5) is 35.4. The van der Waals surface area contributed by atoms with Crippen LogP contribution in [0.25, 0.3) is 0 Å². The zero-order valence-corrected chi connectivity index (χ0v) is 17.3. The maximum Gasteiger partial charge on any atom is 0.310 e. The van der Waals surface area contributed by atoms with Crippen molar-refractivity contribution in [2.24, 2.45) is 0 Å². The van der Waals surface area contributed by atoms with Crippen molar-refractivity contribution in [1.29, 1.82) is 0 Å². The van der Waals surface area contributed by atoms with Crippen LogP contribution in [0.15, 0.2) is 78.9 Å². The first-order valence-electron chi connectivity index (χ1n) is 9.93. The number of benzene rings is 3. The molecule has 0 unspecified atom stereocenters. The number of amides is 2. The van der Waals surface area contributed by atoms with Gasteiger partial charge in [0.05, 0.1) is 6.42 Å². The zero-order valence-electron chi connectivity index (χ0n) is 17.3. The Morgan fingerprint density at radius 2 is 1.45 bits per heavy atom. The molecule has 0 aliphatic rings. The number of anilines is 2. The molecule has 0 saturated carbocycles. The third-order valence-electron chi connectivity index (χ3n) is 4.52. The van der Waals surface area contributed by atoms with Crippen LogP contribution in [-0.2, 0) is 32.0 Å². The molecular formula is C25H24N2O4. The van der Waals surface area contributed by atoms with E-state index in [1.165, 1.54) is 6.92 Å². The van der Waals surface area contributed by atoms with Gasteiger partial charge in [0, 0.05) is 18.3 Å². The van der Waals surface area contributed by atoms with Crippen LogP contribution in [0.1, 0.15) is 23.6 Å². The maximum absolute atomic E-state index is 12.3. The topological polar surface area (TPSA) is 84.5 Å². The molecule has 0 aromatic heterocycles. The van der Waals surface area contributed by atoms with Crippen LogP contribution >= 0.6 is 0 Å². The minimum Gasteiger partial charge on any atom is -0.455 e. The smallest absolute Gasteiger partial charge is 0.310 e. The molecule has 0 heterocycles. The predicted molar refractivity (Wildman–Crippen MR) is 120 cm³/mol. The SMILES string of the molecule is CC(=O)Nc1ccc(CC(=O)OCC(=O)Nc2ccccc2Cc2ccccc2)cc1. The Labute approximate surface area is 181 Å². The van der Waals surface area contributed by atoms with Gasteiger partial charge < -0.3 is 15.4 Å². The second-order valence-electron chi connectivity index (χ2n) is 7.08. The number of hydrogen-bond donors (Lipinski definition) is 2. The van der Waals surface area contributed by atoms with Crippen molar-refractivity contribution in [2.75, 3.05) is 17.2 Å². The summed E-state index contributed by atoms with van der Waals surface area (Å²) in [5.41, 5.74) is 4.19. The Hall–Kier alpha value is -3.93. The van der Waals surface area contributed by atoms with Gasteiger partial charge in [0.15, 0.2) is 6.61 Å². The van der Waals surface area contributed by atoms with Crippen LogP contribution in [-0.4, -0.2) is 24.4 Å². The lowest BCUT2D eigenvalue weighted by molar-refractivity contribution is -0.146. The molecular weight excluding hydrogens is 392 g/mol. The van der Waals surface area contributed by atoms with E-state index in [0.29, 0.717) is 17.8 Å². The standard InChI is InChI=1S/C25H24N2O4/c1-18(28)26-22-13-11-20(12-14-22)16-25(30)31-17-24(29)27-23-10-6-5-9-21(23)15-19-7-3-2-4-8-19/h2-14H,15-17H2,1H3,(H,26,28)(H,27,29). The minimum atomic E-state index is -0.500. The van der Waals surface area contributed by atoms with Gasteiger partial charge in [0.1, 0.15) is 0 Å². The van der Waals surface area contributed by atoms with Crippen molar-refractivity contribution in [2.45, 2.75) is 19.8 Å². The first kappa shape index (κ1) is 21.8.